The van der Waals surface area contributed by atoms with E-state index in [0.29, 0.717) is 0 Å². The van der Waals surface area contributed by atoms with Gasteiger partial charge in [-0.15, -0.1) is 0 Å². The molecule has 0 aromatic carbocycles. The molecule has 4 heterocycles. The second-order valence-corrected chi connectivity index (χ2v) is 8.12. The van der Waals surface area contributed by atoms with Crippen LogP contribution >= 0.6 is 19.6 Å². The highest BCUT2D eigenvalue weighted by molar-refractivity contribution is 7.99. The largest absolute Gasteiger partial charge is 0.481 e. The number of ether oxygens (including phenoxy) is 1. The van der Waals surface area contributed by atoms with E-state index in [1.54, 1.807) is 0 Å². The predicted octanol–water partition coefficient (Wildman–Crippen LogP) is -0.641. The predicted molar refractivity (Wildman–Crippen MR) is 88.7 cm³/mol. The Labute approximate surface area is 155 Å². The molecule has 2 aromatic heterocycles. The van der Waals surface area contributed by atoms with Crippen LogP contribution in [-0.4, -0.2) is 71.3 Å². The number of nitrogens with zero attached hydrogens (tertiary/aromatic N) is 4. The van der Waals surface area contributed by atoms with E-state index in [-0.39, 0.29) is 34.5 Å². The number of nitrogens with two attached hydrogens (primary N) is 1. The molecule has 0 radical (unpaired) electrons. The average Bonchev–Trinajstić information content (AvgIpc) is 3.11. The zero-order chi connectivity index (χ0) is 19.3. The fraction of sp³-hybridized carbons (Fsp3) is 0.500. The van der Waals surface area contributed by atoms with E-state index in [2.05, 4.69) is 15.0 Å². The number of hydrogen-bond acceptors (Lipinski definition) is 11. The van der Waals surface area contributed by atoms with Gasteiger partial charge in [0, 0.05) is 0 Å². The molecule has 0 bridgehead atoms. The average molecular weight is 419 g/mol. The van der Waals surface area contributed by atoms with Gasteiger partial charge in [0.25, 0.3) is 0 Å². The molecule has 5 atom stereocenters. The fourth-order valence-electron chi connectivity index (χ4n) is 2.91. The lowest BCUT2D eigenvalue weighted by Gasteiger charge is -2.27. The summed E-state index contributed by atoms with van der Waals surface area (Å²) >= 11 is 0.873. The Kier molecular flexibility index (Phi) is 4.58. The second kappa shape index (κ2) is 6.67. The van der Waals surface area contributed by atoms with E-state index < -0.39 is 38.3 Å². The van der Waals surface area contributed by atoms with E-state index >= 15 is 0 Å². The fourth-order valence-corrected chi connectivity index (χ4v) is 4.61. The van der Waals surface area contributed by atoms with Crippen molar-refractivity contribution in [3.05, 3.63) is 6.33 Å². The van der Waals surface area contributed by atoms with Crippen molar-refractivity contribution in [3.63, 3.8) is 0 Å². The third kappa shape index (κ3) is 3.29. The number of aromatic nitrogens is 4. The molecule has 2 saturated heterocycles. The Hall–Kier alpha value is -1.80. The molecule has 0 saturated carbocycles. The summed E-state index contributed by atoms with van der Waals surface area (Å²) in [6, 6.07) is 0. The van der Waals surface area contributed by atoms with Crippen molar-refractivity contribution in [2.75, 3.05) is 18.1 Å². The molecule has 2 fully saturated rings. The lowest BCUT2D eigenvalue weighted by Crippen LogP contribution is -2.39. The second-order valence-electron chi connectivity index (χ2n) is 5.77. The van der Waals surface area contributed by atoms with E-state index in [9.17, 15) is 19.4 Å². The third-order valence-corrected chi connectivity index (χ3v) is 5.94. The minimum absolute atomic E-state index is 0.0697. The maximum Gasteiger partial charge on any atom is 0.472 e. The van der Waals surface area contributed by atoms with E-state index in [4.69, 9.17) is 24.6 Å². The van der Waals surface area contributed by atoms with Crippen LogP contribution in [0.15, 0.2) is 11.5 Å². The number of thioether (sulfide) groups is 1. The number of imidazole rings is 1. The molecule has 2 aliphatic heterocycles. The molecule has 4 rings (SSSR count). The van der Waals surface area contributed by atoms with Gasteiger partial charge in [-0.25, -0.2) is 19.5 Å². The standard InChI is InChI=1S/C12H14N5O8PS/c13-9-6-10(15-3-14-9)17(12(16-6)27-2-5(18)19)11-7(20)8-4(24-11)1-23-26(21,22)25-8/h3-4,7-8,11,20H,1-2H2,(H,18,19)(H,21,22)(H2,13,14,15)/t4-,7-,8-,11-/m1/s1. The number of fused-ring (bicyclic) bond motifs is 2. The quantitative estimate of drug-likeness (QED) is 0.361. The first-order chi connectivity index (χ1) is 12.8. The summed E-state index contributed by atoms with van der Waals surface area (Å²) in [7, 11) is -4.28. The molecule has 0 spiro atoms. The first-order valence-corrected chi connectivity index (χ1v) is 10.1. The highest BCUT2D eigenvalue weighted by Gasteiger charge is 2.53. The Morgan fingerprint density at radius 1 is 1.48 bits per heavy atom. The molecule has 15 heteroatoms. The topological polar surface area (TPSA) is 192 Å². The van der Waals surface area contributed by atoms with Crippen LogP contribution < -0.4 is 5.73 Å². The smallest absolute Gasteiger partial charge is 0.472 e. The van der Waals surface area contributed by atoms with Crippen molar-refractivity contribution in [2.45, 2.75) is 29.7 Å². The molecule has 146 valence electrons. The van der Waals surface area contributed by atoms with Gasteiger partial charge < -0.3 is 25.6 Å². The van der Waals surface area contributed by atoms with Gasteiger partial charge in [-0.05, 0) is 0 Å². The van der Waals surface area contributed by atoms with Gasteiger partial charge in [-0.2, -0.15) is 0 Å². The SMILES string of the molecule is Nc1ncnc2c1nc(SCC(=O)O)n2[C@@H]1O[C@@H]2COP(=O)(O)O[C@H]2[C@H]1O. The van der Waals surface area contributed by atoms with Crippen molar-refractivity contribution in [1.29, 1.82) is 0 Å². The zero-order valence-corrected chi connectivity index (χ0v) is 15.1. The minimum Gasteiger partial charge on any atom is -0.481 e. The third-order valence-electron chi connectivity index (χ3n) is 4.02. The summed E-state index contributed by atoms with van der Waals surface area (Å²) in [5.41, 5.74) is 6.23. The normalized spacial score (nSPS) is 33.3. The number of aliphatic carboxylic acids is 1. The van der Waals surface area contributed by atoms with E-state index in [1.807, 2.05) is 0 Å². The van der Waals surface area contributed by atoms with E-state index in [0.717, 1.165) is 11.8 Å². The molecular weight excluding hydrogens is 405 g/mol. The van der Waals surface area contributed by atoms with Gasteiger partial charge in [-0.1, -0.05) is 11.8 Å². The number of rotatable bonds is 4. The summed E-state index contributed by atoms with van der Waals surface area (Å²) in [5.74, 6) is -1.31. The molecule has 0 aliphatic carbocycles. The number of carbonyl (C=O) groups is 1. The maximum atomic E-state index is 11.6. The van der Waals surface area contributed by atoms with Gasteiger partial charge in [-0.3, -0.25) is 18.4 Å². The van der Waals surface area contributed by atoms with Gasteiger partial charge in [0.1, 0.15) is 24.6 Å². The molecule has 2 aliphatic rings. The minimum atomic E-state index is -4.28. The van der Waals surface area contributed by atoms with Crippen LogP contribution in [0, 0.1) is 0 Å². The van der Waals surface area contributed by atoms with Gasteiger partial charge in [0.15, 0.2) is 28.4 Å². The highest BCUT2D eigenvalue weighted by atomic mass is 32.2. The first-order valence-electron chi connectivity index (χ1n) is 7.59. The van der Waals surface area contributed by atoms with E-state index in [1.165, 1.54) is 10.9 Å². The van der Waals surface area contributed by atoms with Crippen LogP contribution in [0.2, 0.25) is 0 Å². The zero-order valence-electron chi connectivity index (χ0n) is 13.4. The van der Waals surface area contributed by atoms with Crippen LogP contribution in [-0.2, 0) is 23.1 Å². The summed E-state index contributed by atoms with van der Waals surface area (Å²) in [4.78, 5) is 32.6. The Balaban J connectivity index is 1.76. The molecule has 1 unspecified atom stereocenters. The van der Waals surface area contributed by atoms with Crippen LogP contribution in [0.3, 0.4) is 0 Å². The Morgan fingerprint density at radius 3 is 3.00 bits per heavy atom. The Bertz CT molecular complexity index is 955. The number of hydrogen-bond donors (Lipinski definition) is 4. The molecule has 2 aromatic rings. The van der Waals surface area contributed by atoms with Gasteiger partial charge in [0.05, 0.1) is 12.4 Å². The molecular formula is C12H14N5O8PS. The maximum absolute atomic E-state index is 11.6. The lowest BCUT2D eigenvalue weighted by atomic mass is 10.1. The molecule has 27 heavy (non-hydrogen) atoms. The number of nitrogen functional groups attached to an aromatic ring is 1. The van der Waals surface area contributed by atoms with Crippen LogP contribution in [0.1, 0.15) is 6.23 Å². The van der Waals surface area contributed by atoms with Crippen molar-refractivity contribution in [1.82, 2.24) is 19.5 Å². The number of phosphoric ester groups is 1. The monoisotopic (exact) mass is 419 g/mol. The number of phosphoric acid groups is 1. The first kappa shape index (κ1) is 18.6. The summed E-state index contributed by atoms with van der Waals surface area (Å²) in [5, 5.41) is 19.8. The Morgan fingerprint density at radius 2 is 2.26 bits per heavy atom. The summed E-state index contributed by atoms with van der Waals surface area (Å²) < 4.78 is 28.4. The number of carboxylic acid groups (broad SMARTS) is 1. The molecule has 13 nitrogen and oxygen atoms in total. The lowest BCUT2D eigenvalue weighted by molar-refractivity contribution is -0.133. The van der Waals surface area contributed by atoms with Crippen molar-refractivity contribution < 1.29 is 38.3 Å². The number of anilines is 1. The molecule has 0 amide bonds. The number of carboxylic acids is 1. The summed E-state index contributed by atoms with van der Waals surface area (Å²) in [6.07, 6.45) is -3.21. The number of aliphatic hydroxyl groups is 1. The van der Waals surface area contributed by atoms with Gasteiger partial charge >= 0.3 is 13.8 Å². The van der Waals surface area contributed by atoms with Crippen molar-refractivity contribution in [3.8, 4) is 0 Å². The summed E-state index contributed by atoms with van der Waals surface area (Å²) in [6.45, 7) is -0.257. The van der Waals surface area contributed by atoms with Crippen LogP contribution in [0.5, 0.6) is 0 Å². The number of aliphatic hydroxyl groups excluding tert-OH is 1. The van der Waals surface area contributed by atoms with Crippen LogP contribution in [0.25, 0.3) is 11.2 Å². The molecule has 5 N–H and O–H groups in total. The van der Waals surface area contributed by atoms with Crippen LogP contribution in [0.4, 0.5) is 5.82 Å². The van der Waals surface area contributed by atoms with Gasteiger partial charge in [0.2, 0.25) is 0 Å². The highest BCUT2D eigenvalue weighted by Crippen LogP contribution is 2.53. The van der Waals surface area contributed by atoms with Crippen molar-refractivity contribution in [2.24, 2.45) is 0 Å². The van der Waals surface area contributed by atoms with Crippen molar-refractivity contribution >= 4 is 42.5 Å².